The summed E-state index contributed by atoms with van der Waals surface area (Å²) in [5, 5.41) is 5.37. The molecule has 0 radical (unpaired) electrons. The zero-order valence-corrected chi connectivity index (χ0v) is 14.5. The number of anilines is 2. The highest BCUT2D eigenvalue weighted by molar-refractivity contribution is 6.30. The zero-order valence-electron chi connectivity index (χ0n) is 13.8. The number of benzene rings is 2. The van der Waals surface area contributed by atoms with Crippen molar-refractivity contribution in [3.05, 3.63) is 53.1 Å². The van der Waals surface area contributed by atoms with Gasteiger partial charge in [0.2, 0.25) is 11.8 Å². The molecular weight excluding hydrogens is 385 g/mol. The van der Waals surface area contributed by atoms with Crippen molar-refractivity contribution in [1.29, 1.82) is 0 Å². The largest absolute Gasteiger partial charge is 0.482 e. The molecule has 1 aliphatic heterocycles. The second kappa shape index (κ2) is 7.48. The highest BCUT2D eigenvalue weighted by Gasteiger charge is 2.32. The number of alkyl halides is 3. The molecule has 0 saturated heterocycles. The molecule has 0 saturated carbocycles. The summed E-state index contributed by atoms with van der Waals surface area (Å²) in [6, 6.07) is 10.8. The van der Waals surface area contributed by atoms with Crippen LogP contribution in [0.5, 0.6) is 5.75 Å². The topological polar surface area (TPSA) is 67.4 Å². The number of amides is 2. The van der Waals surface area contributed by atoms with Crippen LogP contribution in [0.25, 0.3) is 0 Å². The fourth-order valence-electron chi connectivity index (χ4n) is 2.74. The molecule has 27 heavy (non-hydrogen) atoms. The summed E-state index contributed by atoms with van der Waals surface area (Å²) < 4.78 is 42.1. The molecule has 0 spiro atoms. The van der Waals surface area contributed by atoms with Gasteiger partial charge in [-0.3, -0.25) is 9.59 Å². The zero-order chi connectivity index (χ0) is 19.6. The van der Waals surface area contributed by atoms with Crippen molar-refractivity contribution in [1.82, 2.24) is 0 Å². The Balaban J connectivity index is 1.83. The monoisotopic (exact) mass is 398 g/mol. The molecule has 2 aromatic carbocycles. The van der Waals surface area contributed by atoms with Crippen molar-refractivity contribution in [2.75, 3.05) is 17.2 Å². The van der Waals surface area contributed by atoms with Gasteiger partial charge in [0.25, 0.3) is 0 Å². The van der Waals surface area contributed by atoms with Crippen LogP contribution in [0.3, 0.4) is 0 Å². The number of hydrogen-bond donors (Lipinski definition) is 2. The van der Waals surface area contributed by atoms with Crippen molar-refractivity contribution in [2.45, 2.75) is 18.5 Å². The van der Waals surface area contributed by atoms with Crippen LogP contribution in [0, 0.1) is 0 Å². The summed E-state index contributed by atoms with van der Waals surface area (Å²) in [5.74, 6) is -1.84. The van der Waals surface area contributed by atoms with Gasteiger partial charge in [-0.05, 0) is 23.8 Å². The van der Waals surface area contributed by atoms with Gasteiger partial charge >= 0.3 is 6.18 Å². The molecule has 2 N–H and O–H groups in total. The fourth-order valence-corrected chi connectivity index (χ4v) is 2.91. The van der Waals surface area contributed by atoms with E-state index in [2.05, 4.69) is 10.6 Å². The number of rotatable bonds is 4. The highest BCUT2D eigenvalue weighted by Crippen LogP contribution is 2.35. The Kier molecular flexibility index (Phi) is 5.27. The van der Waals surface area contributed by atoms with Gasteiger partial charge in [0.15, 0.2) is 6.61 Å². The molecule has 1 aliphatic rings. The minimum Gasteiger partial charge on any atom is -0.482 e. The Morgan fingerprint density at radius 2 is 2.00 bits per heavy atom. The van der Waals surface area contributed by atoms with Gasteiger partial charge in [0, 0.05) is 23.2 Å². The van der Waals surface area contributed by atoms with E-state index in [1.807, 2.05) is 0 Å². The van der Waals surface area contributed by atoms with E-state index in [-0.39, 0.29) is 28.8 Å². The fraction of sp³-hybridized carbons (Fsp3) is 0.222. The minimum atomic E-state index is -4.54. The van der Waals surface area contributed by atoms with Gasteiger partial charge in [-0.25, -0.2) is 0 Å². The van der Waals surface area contributed by atoms with E-state index in [1.165, 1.54) is 18.2 Å². The summed E-state index contributed by atoms with van der Waals surface area (Å²) in [4.78, 5) is 24.6. The van der Waals surface area contributed by atoms with Gasteiger partial charge in [0.05, 0.1) is 11.6 Å². The van der Waals surface area contributed by atoms with Gasteiger partial charge in [-0.15, -0.1) is 0 Å². The molecule has 0 bridgehead atoms. The quantitative estimate of drug-likeness (QED) is 0.804. The molecule has 5 nitrogen and oxygen atoms in total. The second-order valence-electron chi connectivity index (χ2n) is 5.93. The summed E-state index contributed by atoms with van der Waals surface area (Å²) in [5.41, 5.74) is 1.19. The summed E-state index contributed by atoms with van der Waals surface area (Å²) in [6.45, 7) is -1.52. The molecule has 1 atom stereocenters. The number of fused-ring (bicyclic) bond motifs is 1. The molecule has 2 amide bonds. The molecule has 142 valence electrons. The van der Waals surface area contributed by atoms with E-state index in [0.717, 1.165) is 0 Å². The molecule has 1 heterocycles. The number of carbonyl (C=O) groups is 2. The number of para-hydroxylation sites is 1. The van der Waals surface area contributed by atoms with Crippen LogP contribution in [0.15, 0.2) is 42.5 Å². The first-order valence-electron chi connectivity index (χ1n) is 7.92. The van der Waals surface area contributed by atoms with Crippen molar-refractivity contribution >= 4 is 34.8 Å². The van der Waals surface area contributed by atoms with Crippen LogP contribution in [-0.2, 0) is 9.59 Å². The maximum Gasteiger partial charge on any atom is 0.422 e. The average molecular weight is 399 g/mol. The van der Waals surface area contributed by atoms with Crippen LogP contribution < -0.4 is 15.4 Å². The molecule has 2 aromatic rings. The number of halogens is 4. The van der Waals surface area contributed by atoms with E-state index in [9.17, 15) is 22.8 Å². The molecular formula is C18H14ClF3N2O3. The van der Waals surface area contributed by atoms with Crippen molar-refractivity contribution in [2.24, 2.45) is 0 Å². The summed E-state index contributed by atoms with van der Waals surface area (Å²) >= 11 is 5.81. The molecule has 9 heteroatoms. The smallest absolute Gasteiger partial charge is 0.422 e. The van der Waals surface area contributed by atoms with Gasteiger partial charge in [-0.2, -0.15) is 13.2 Å². The number of nitrogens with one attached hydrogen (secondary N) is 2. The Bertz CT molecular complexity index is 886. The SMILES string of the molecule is O=C1CC(C(=O)Nc2ccc(Cl)cc2OCC(F)(F)F)c2ccccc2N1. The first-order valence-corrected chi connectivity index (χ1v) is 8.29. The van der Waals surface area contributed by atoms with Gasteiger partial charge in [0.1, 0.15) is 5.75 Å². The van der Waals surface area contributed by atoms with Gasteiger partial charge in [-0.1, -0.05) is 29.8 Å². The third kappa shape index (κ3) is 4.71. The van der Waals surface area contributed by atoms with Crippen LogP contribution >= 0.6 is 11.6 Å². The normalized spacial score (nSPS) is 16.3. The van der Waals surface area contributed by atoms with Crippen LogP contribution in [0.4, 0.5) is 24.5 Å². The molecule has 1 unspecified atom stereocenters. The van der Waals surface area contributed by atoms with Crippen LogP contribution in [0.1, 0.15) is 17.9 Å². The maximum atomic E-state index is 12.7. The standard InChI is InChI=1S/C18H14ClF3N2O3/c19-10-5-6-14(15(7-10)27-9-18(20,21)22)24-17(26)12-8-16(25)23-13-4-2-1-3-11(12)13/h1-7,12H,8-9H2,(H,23,25)(H,24,26). The highest BCUT2D eigenvalue weighted by atomic mass is 35.5. The third-order valence-corrected chi connectivity index (χ3v) is 4.14. The van der Waals surface area contributed by atoms with E-state index >= 15 is 0 Å². The first kappa shape index (κ1) is 19.0. The van der Waals surface area contributed by atoms with Crippen LogP contribution in [0.2, 0.25) is 5.02 Å². The number of carbonyl (C=O) groups excluding carboxylic acids is 2. The van der Waals surface area contributed by atoms with E-state index in [0.29, 0.717) is 11.3 Å². The van der Waals surface area contributed by atoms with Crippen molar-refractivity contribution < 1.29 is 27.5 Å². The predicted octanol–water partition coefficient (Wildman–Crippen LogP) is 4.35. The second-order valence-corrected chi connectivity index (χ2v) is 6.36. The molecule has 0 fully saturated rings. The predicted molar refractivity (Wildman–Crippen MR) is 94.1 cm³/mol. The Morgan fingerprint density at radius 1 is 1.26 bits per heavy atom. The lowest BCUT2D eigenvalue weighted by molar-refractivity contribution is -0.153. The first-order chi connectivity index (χ1) is 12.7. The van der Waals surface area contributed by atoms with E-state index in [4.69, 9.17) is 16.3 Å². The summed E-state index contributed by atoms with van der Waals surface area (Å²) in [7, 11) is 0. The third-order valence-electron chi connectivity index (χ3n) is 3.91. The Labute approximate surface area is 157 Å². The Hall–Kier alpha value is -2.74. The van der Waals surface area contributed by atoms with E-state index < -0.39 is 24.6 Å². The lowest BCUT2D eigenvalue weighted by atomic mass is 9.90. The maximum absolute atomic E-state index is 12.7. The number of ether oxygens (including phenoxy) is 1. The average Bonchev–Trinajstić information content (AvgIpc) is 2.60. The van der Waals surface area contributed by atoms with Crippen LogP contribution in [-0.4, -0.2) is 24.6 Å². The molecule has 0 aliphatic carbocycles. The van der Waals surface area contributed by atoms with E-state index in [1.54, 1.807) is 24.3 Å². The minimum absolute atomic E-state index is 0.0390. The van der Waals surface area contributed by atoms with Gasteiger partial charge < -0.3 is 15.4 Å². The molecule has 0 aromatic heterocycles. The van der Waals surface area contributed by atoms with Crippen molar-refractivity contribution in [3.8, 4) is 5.75 Å². The Morgan fingerprint density at radius 3 is 2.74 bits per heavy atom. The number of hydrogen-bond acceptors (Lipinski definition) is 3. The lowest BCUT2D eigenvalue weighted by Crippen LogP contribution is -2.31. The summed E-state index contributed by atoms with van der Waals surface area (Å²) in [6.07, 6.45) is -4.61. The van der Waals surface area contributed by atoms with Crippen molar-refractivity contribution in [3.63, 3.8) is 0 Å². The lowest BCUT2D eigenvalue weighted by Gasteiger charge is -2.25. The molecule has 3 rings (SSSR count).